The Kier molecular flexibility index (Phi) is 7.82. The summed E-state index contributed by atoms with van der Waals surface area (Å²) in [6.07, 6.45) is 2.07. The van der Waals surface area contributed by atoms with Crippen LogP contribution in [0.15, 0.2) is 48.5 Å². The van der Waals surface area contributed by atoms with Crippen molar-refractivity contribution in [3.05, 3.63) is 54.1 Å². The number of nitriles is 1. The molecule has 0 aromatic heterocycles. The maximum Gasteiger partial charge on any atom is 0.412 e. The minimum absolute atomic E-state index is 0.203. The summed E-state index contributed by atoms with van der Waals surface area (Å²) >= 11 is 0. The molecule has 0 aliphatic rings. The van der Waals surface area contributed by atoms with Crippen molar-refractivity contribution in [2.75, 3.05) is 12.4 Å². The molecular weight excluding hydrogens is 390 g/mol. The first-order chi connectivity index (χ1) is 14.5. The third-order valence-corrected chi connectivity index (χ3v) is 4.64. The lowest BCUT2D eigenvalue weighted by atomic mass is 9.87. The summed E-state index contributed by atoms with van der Waals surface area (Å²) in [5, 5.41) is 11.9. The van der Waals surface area contributed by atoms with E-state index in [2.05, 4.69) is 19.2 Å². The van der Waals surface area contributed by atoms with E-state index >= 15 is 0 Å². The van der Waals surface area contributed by atoms with Crippen LogP contribution in [-0.2, 0) is 9.53 Å². The average molecular weight is 422 g/mol. The first kappa shape index (κ1) is 23.9. The molecule has 1 unspecified atom stereocenters. The number of anilines is 1. The summed E-state index contributed by atoms with van der Waals surface area (Å²) in [6.45, 7) is 9.57. The minimum atomic E-state index is -0.561. The number of nitrogens with one attached hydrogen (secondary N) is 1. The van der Waals surface area contributed by atoms with Gasteiger partial charge in [-0.2, -0.15) is 5.26 Å². The fourth-order valence-corrected chi connectivity index (χ4v) is 3.24. The molecule has 2 aromatic carbocycles. The van der Waals surface area contributed by atoms with Crippen molar-refractivity contribution in [3.8, 4) is 17.3 Å². The normalized spacial score (nSPS) is 12.1. The summed E-state index contributed by atoms with van der Waals surface area (Å²) in [6, 6.07) is 15.3. The molecule has 0 saturated carbocycles. The van der Waals surface area contributed by atoms with E-state index in [-0.39, 0.29) is 11.8 Å². The van der Waals surface area contributed by atoms with Crippen LogP contribution < -0.4 is 5.32 Å². The highest BCUT2D eigenvalue weighted by Crippen LogP contribution is 2.30. The van der Waals surface area contributed by atoms with Gasteiger partial charge in [-0.15, -0.1) is 0 Å². The van der Waals surface area contributed by atoms with Gasteiger partial charge in [0.2, 0.25) is 5.91 Å². The number of likely N-dealkylation sites (N-methyl/N-ethyl adjacent to an activating group) is 1. The van der Waals surface area contributed by atoms with Crippen LogP contribution >= 0.6 is 0 Å². The maximum atomic E-state index is 12.8. The molecule has 0 heterocycles. The van der Waals surface area contributed by atoms with Gasteiger partial charge in [-0.05, 0) is 61.9 Å². The van der Waals surface area contributed by atoms with Crippen molar-refractivity contribution in [1.82, 2.24) is 4.90 Å². The predicted molar refractivity (Wildman–Crippen MR) is 122 cm³/mol. The number of nitrogens with zero attached hydrogens (tertiary/aromatic N) is 2. The molecule has 0 bridgehead atoms. The van der Waals surface area contributed by atoms with Gasteiger partial charge in [-0.25, -0.2) is 4.79 Å². The van der Waals surface area contributed by atoms with Gasteiger partial charge in [-0.3, -0.25) is 15.0 Å². The number of carbonyl (C=O) groups excluding carboxylic acids is 2. The molecule has 0 aliphatic carbocycles. The summed E-state index contributed by atoms with van der Waals surface area (Å²) in [4.78, 5) is 25.8. The standard InChI is InChI=1S/C25H31N3O3/c1-17(2)14-22(23(29)28(6)16-26)20-9-7-8-19(15-20)18-10-12-21(13-11-18)27-24(30)31-25(3,4)5/h7-13,15,17,22H,14H2,1-6H3,(H,27,30). The lowest BCUT2D eigenvalue weighted by molar-refractivity contribution is -0.129. The van der Waals surface area contributed by atoms with Crippen molar-refractivity contribution in [1.29, 1.82) is 5.26 Å². The largest absolute Gasteiger partial charge is 0.444 e. The van der Waals surface area contributed by atoms with Crippen LogP contribution in [-0.4, -0.2) is 29.5 Å². The van der Waals surface area contributed by atoms with E-state index in [1.165, 1.54) is 7.05 Å². The lowest BCUT2D eigenvalue weighted by Gasteiger charge is -2.21. The van der Waals surface area contributed by atoms with Gasteiger partial charge < -0.3 is 4.74 Å². The zero-order valence-electron chi connectivity index (χ0n) is 19.1. The van der Waals surface area contributed by atoms with E-state index in [1.807, 2.05) is 75.5 Å². The van der Waals surface area contributed by atoms with Crippen LogP contribution in [0.1, 0.15) is 52.5 Å². The summed E-state index contributed by atoms with van der Waals surface area (Å²) < 4.78 is 5.27. The number of amides is 2. The van der Waals surface area contributed by atoms with E-state index in [1.54, 1.807) is 0 Å². The number of hydrogen-bond acceptors (Lipinski definition) is 4. The molecule has 0 fully saturated rings. The van der Waals surface area contributed by atoms with Gasteiger partial charge in [0.1, 0.15) is 5.60 Å². The Morgan fingerprint density at radius 2 is 1.74 bits per heavy atom. The number of benzene rings is 2. The Balaban J connectivity index is 2.24. The lowest BCUT2D eigenvalue weighted by Crippen LogP contribution is -2.28. The van der Waals surface area contributed by atoms with Gasteiger partial charge in [-0.1, -0.05) is 50.2 Å². The topological polar surface area (TPSA) is 82.4 Å². The van der Waals surface area contributed by atoms with Crippen molar-refractivity contribution < 1.29 is 14.3 Å². The van der Waals surface area contributed by atoms with Gasteiger partial charge in [0.05, 0.1) is 5.92 Å². The second-order valence-electron chi connectivity index (χ2n) is 9.01. The van der Waals surface area contributed by atoms with Crippen molar-refractivity contribution in [2.45, 2.75) is 52.6 Å². The van der Waals surface area contributed by atoms with Gasteiger partial charge >= 0.3 is 6.09 Å². The van der Waals surface area contributed by atoms with E-state index in [0.29, 0.717) is 18.0 Å². The van der Waals surface area contributed by atoms with Crippen LogP contribution in [0.25, 0.3) is 11.1 Å². The molecule has 0 radical (unpaired) electrons. The zero-order chi connectivity index (χ0) is 23.2. The molecule has 0 saturated heterocycles. The summed E-state index contributed by atoms with van der Waals surface area (Å²) in [5.74, 6) is -0.272. The van der Waals surface area contributed by atoms with Crippen LogP contribution in [0, 0.1) is 17.4 Å². The molecule has 6 heteroatoms. The molecular formula is C25H31N3O3. The molecule has 31 heavy (non-hydrogen) atoms. The fourth-order valence-electron chi connectivity index (χ4n) is 3.24. The number of carbonyl (C=O) groups is 2. The van der Waals surface area contributed by atoms with Crippen molar-refractivity contribution >= 4 is 17.7 Å². The number of hydrogen-bond donors (Lipinski definition) is 1. The van der Waals surface area contributed by atoms with E-state index in [4.69, 9.17) is 10.00 Å². The summed E-state index contributed by atoms with van der Waals surface area (Å²) in [5.41, 5.74) is 2.88. The molecule has 2 rings (SSSR count). The monoisotopic (exact) mass is 421 g/mol. The molecule has 0 aliphatic heterocycles. The van der Waals surface area contributed by atoms with E-state index < -0.39 is 11.7 Å². The molecule has 164 valence electrons. The van der Waals surface area contributed by atoms with Crippen LogP contribution in [0.4, 0.5) is 10.5 Å². The Labute approximate surface area is 184 Å². The fraction of sp³-hybridized carbons (Fsp3) is 0.400. The SMILES string of the molecule is CC(C)CC(C(=O)N(C)C#N)c1cccc(-c2ccc(NC(=O)OC(C)(C)C)cc2)c1. The van der Waals surface area contributed by atoms with Gasteiger partial charge in [0, 0.05) is 12.7 Å². The van der Waals surface area contributed by atoms with Crippen LogP contribution in [0.3, 0.4) is 0 Å². The molecule has 1 N–H and O–H groups in total. The van der Waals surface area contributed by atoms with E-state index in [0.717, 1.165) is 21.6 Å². The molecule has 0 spiro atoms. The third kappa shape index (κ3) is 7.14. The molecule has 1 atom stereocenters. The van der Waals surface area contributed by atoms with Crippen LogP contribution in [0.2, 0.25) is 0 Å². The molecule has 6 nitrogen and oxygen atoms in total. The first-order valence-electron chi connectivity index (χ1n) is 10.4. The highest BCUT2D eigenvalue weighted by molar-refractivity contribution is 5.86. The van der Waals surface area contributed by atoms with Crippen molar-refractivity contribution in [2.24, 2.45) is 5.92 Å². The maximum absolute atomic E-state index is 12.8. The average Bonchev–Trinajstić information content (AvgIpc) is 2.70. The Morgan fingerprint density at radius 1 is 1.10 bits per heavy atom. The zero-order valence-corrected chi connectivity index (χ0v) is 19.1. The number of ether oxygens (including phenoxy) is 1. The van der Waals surface area contributed by atoms with Gasteiger partial charge in [0.15, 0.2) is 6.19 Å². The second kappa shape index (κ2) is 10.1. The predicted octanol–water partition coefficient (Wildman–Crippen LogP) is 5.77. The molecule has 2 aromatic rings. The first-order valence-corrected chi connectivity index (χ1v) is 10.4. The highest BCUT2D eigenvalue weighted by atomic mass is 16.6. The quantitative estimate of drug-likeness (QED) is 0.474. The minimum Gasteiger partial charge on any atom is -0.444 e. The highest BCUT2D eigenvalue weighted by Gasteiger charge is 2.25. The Hall–Kier alpha value is -3.33. The van der Waals surface area contributed by atoms with Gasteiger partial charge in [0.25, 0.3) is 0 Å². The van der Waals surface area contributed by atoms with Crippen LogP contribution in [0.5, 0.6) is 0 Å². The Bertz CT molecular complexity index is 953. The smallest absolute Gasteiger partial charge is 0.412 e. The second-order valence-corrected chi connectivity index (χ2v) is 9.01. The molecule has 2 amide bonds. The summed E-state index contributed by atoms with van der Waals surface area (Å²) in [7, 11) is 1.50. The number of rotatable bonds is 6. The van der Waals surface area contributed by atoms with Crippen molar-refractivity contribution in [3.63, 3.8) is 0 Å². The van der Waals surface area contributed by atoms with E-state index in [9.17, 15) is 9.59 Å². The Morgan fingerprint density at radius 3 is 2.29 bits per heavy atom. The third-order valence-electron chi connectivity index (χ3n) is 4.64.